The van der Waals surface area contributed by atoms with Crippen molar-refractivity contribution < 1.29 is 14.0 Å². The molecule has 162 valence electrons. The van der Waals surface area contributed by atoms with Gasteiger partial charge in [-0.3, -0.25) is 14.6 Å². The molecule has 1 heterocycles. The highest BCUT2D eigenvalue weighted by atomic mass is 19.1. The van der Waals surface area contributed by atoms with E-state index in [-0.39, 0.29) is 30.6 Å². The van der Waals surface area contributed by atoms with Crippen LogP contribution in [0.25, 0.3) is 0 Å². The summed E-state index contributed by atoms with van der Waals surface area (Å²) < 4.78 is 13.3. The Morgan fingerprint density at radius 3 is 2.47 bits per heavy atom. The molecule has 0 fully saturated rings. The van der Waals surface area contributed by atoms with Gasteiger partial charge in [-0.05, 0) is 48.2 Å². The number of carbonyl (C=O) groups excluding carboxylic acids is 2. The first-order valence-electron chi connectivity index (χ1n) is 10.6. The van der Waals surface area contributed by atoms with Crippen LogP contribution in [0.3, 0.4) is 0 Å². The summed E-state index contributed by atoms with van der Waals surface area (Å²) in [7, 11) is 0. The molecule has 3 aromatic rings. The Kier molecular flexibility index (Phi) is 6.70. The van der Waals surface area contributed by atoms with E-state index in [1.165, 1.54) is 22.6 Å². The van der Waals surface area contributed by atoms with Gasteiger partial charge in [-0.15, -0.1) is 0 Å². The molecule has 1 N–H and O–H groups in total. The molecule has 0 saturated heterocycles. The van der Waals surface area contributed by atoms with Crippen LogP contribution in [-0.2, 0) is 16.0 Å². The van der Waals surface area contributed by atoms with Crippen LogP contribution in [-0.4, -0.2) is 30.6 Å². The average Bonchev–Trinajstić information content (AvgIpc) is 2.94. The summed E-state index contributed by atoms with van der Waals surface area (Å²) >= 11 is 0. The maximum absolute atomic E-state index is 13.3. The van der Waals surface area contributed by atoms with Gasteiger partial charge in [-0.2, -0.15) is 0 Å². The molecule has 1 aliphatic rings. The van der Waals surface area contributed by atoms with Gasteiger partial charge in [0.25, 0.3) is 0 Å². The maximum Gasteiger partial charge on any atom is 0.240 e. The average molecular weight is 429 g/mol. The number of aryl methyl sites for hydroxylation is 1. The standard InChI is InChI=1S/C26H24FN3O2/c27-21-14-12-20(13-15-21)23-17-26(32)30(24-11-5-4-10-22(24)29-23)18-25(31)28-16-6-9-19-7-2-1-3-8-19/h1-5,7-8,10-15H,6,9,16-18H2,(H,28,31). The van der Waals surface area contributed by atoms with Crippen LogP contribution in [0.1, 0.15) is 24.0 Å². The second-order valence-electron chi connectivity index (χ2n) is 7.65. The van der Waals surface area contributed by atoms with E-state index in [1.54, 1.807) is 18.2 Å². The number of para-hydroxylation sites is 2. The molecule has 4 rings (SSSR count). The zero-order valence-corrected chi connectivity index (χ0v) is 17.6. The van der Waals surface area contributed by atoms with E-state index in [1.807, 2.05) is 36.4 Å². The first-order valence-corrected chi connectivity index (χ1v) is 10.6. The molecule has 0 atom stereocenters. The van der Waals surface area contributed by atoms with E-state index in [0.717, 1.165) is 12.8 Å². The third-order valence-corrected chi connectivity index (χ3v) is 5.33. The zero-order chi connectivity index (χ0) is 22.3. The van der Waals surface area contributed by atoms with Gasteiger partial charge in [0.1, 0.15) is 12.4 Å². The van der Waals surface area contributed by atoms with Crippen molar-refractivity contribution in [2.24, 2.45) is 4.99 Å². The molecule has 3 aromatic carbocycles. The van der Waals surface area contributed by atoms with Gasteiger partial charge in [-0.1, -0.05) is 54.6 Å². The summed E-state index contributed by atoms with van der Waals surface area (Å²) in [5, 5.41) is 2.91. The minimum absolute atomic E-state index is 0.0294. The van der Waals surface area contributed by atoms with Crippen molar-refractivity contribution in [3.8, 4) is 0 Å². The minimum Gasteiger partial charge on any atom is -0.355 e. The van der Waals surface area contributed by atoms with Crippen molar-refractivity contribution in [3.05, 3.63) is 95.8 Å². The van der Waals surface area contributed by atoms with Gasteiger partial charge in [0.05, 0.1) is 23.5 Å². The van der Waals surface area contributed by atoms with Crippen molar-refractivity contribution in [2.75, 3.05) is 18.0 Å². The quantitative estimate of drug-likeness (QED) is 0.565. The lowest BCUT2D eigenvalue weighted by molar-refractivity contribution is -0.123. The Balaban J connectivity index is 1.43. The van der Waals surface area contributed by atoms with E-state index >= 15 is 0 Å². The fraction of sp³-hybridized carbons (Fsp3) is 0.192. The molecule has 32 heavy (non-hydrogen) atoms. The van der Waals surface area contributed by atoms with Crippen LogP contribution >= 0.6 is 0 Å². The highest BCUT2D eigenvalue weighted by molar-refractivity contribution is 6.18. The zero-order valence-electron chi connectivity index (χ0n) is 17.6. The first kappa shape index (κ1) is 21.4. The second kappa shape index (κ2) is 10.0. The largest absolute Gasteiger partial charge is 0.355 e. The highest BCUT2D eigenvalue weighted by Crippen LogP contribution is 2.32. The fourth-order valence-electron chi connectivity index (χ4n) is 3.69. The Labute approximate surface area is 186 Å². The molecule has 2 amide bonds. The third kappa shape index (κ3) is 5.27. The number of aliphatic imine (C=N–C) groups is 1. The van der Waals surface area contributed by atoms with E-state index < -0.39 is 0 Å². The van der Waals surface area contributed by atoms with Crippen molar-refractivity contribution >= 4 is 28.9 Å². The number of nitrogens with one attached hydrogen (secondary N) is 1. The lowest BCUT2D eigenvalue weighted by atomic mass is 10.1. The Morgan fingerprint density at radius 2 is 1.69 bits per heavy atom. The number of hydrogen-bond acceptors (Lipinski definition) is 3. The molecule has 0 bridgehead atoms. The van der Waals surface area contributed by atoms with Gasteiger partial charge in [0.2, 0.25) is 11.8 Å². The summed E-state index contributed by atoms with van der Waals surface area (Å²) in [5.41, 5.74) is 3.66. The number of amides is 2. The van der Waals surface area contributed by atoms with Gasteiger partial charge >= 0.3 is 0 Å². The topological polar surface area (TPSA) is 61.8 Å². The predicted octanol–water partition coefficient (Wildman–Crippen LogP) is 4.43. The Bertz CT molecular complexity index is 1130. The Morgan fingerprint density at radius 1 is 0.969 bits per heavy atom. The maximum atomic E-state index is 13.3. The highest BCUT2D eigenvalue weighted by Gasteiger charge is 2.26. The summed E-state index contributed by atoms with van der Waals surface area (Å²) in [6.07, 6.45) is 1.72. The van der Waals surface area contributed by atoms with Gasteiger partial charge in [0, 0.05) is 6.54 Å². The van der Waals surface area contributed by atoms with Crippen molar-refractivity contribution in [1.82, 2.24) is 5.32 Å². The van der Waals surface area contributed by atoms with E-state index in [9.17, 15) is 14.0 Å². The van der Waals surface area contributed by atoms with Crippen LogP contribution in [0.4, 0.5) is 15.8 Å². The molecular formula is C26H24FN3O2. The number of halogens is 1. The van der Waals surface area contributed by atoms with Crippen LogP contribution in [0.5, 0.6) is 0 Å². The molecule has 5 nitrogen and oxygen atoms in total. The van der Waals surface area contributed by atoms with Gasteiger partial charge in [-0.25, -0.2) is 4.39 Å². The number of carbonyl (C=O) groups is 2. The van der Waals surface area contributed by atoms with Crippen LogP contribution < -0.4 is 10.2 Å². The number of anilines is 1. The number of rotatable bonds is 7. The predicted molar refractivity (Wildman–Crippen MR) is 124 cm³/mol. The molecule has 0 saturated carbocycles. The molecule has 0 radical (unpaired) electrons. The lowest BCUT2D eigenvalue weighted by Crippen LogP contribution is -2.41. The van der Waals surface area contributed by atoms with Crippen molar-refractivity contribution in [1.29, 1.82) is 0 Å². The molecule has 0 unspecified atom stereocenters. The second-order valence-corrected chi connectivity index (χ2v) is 7.65. The number of fused-ring (bicyclic) bond motifs is 1. The SMILES string of the molecule is O=C(CN1C(=O)CC(c2ccc(F)cc2)=Nc2ccccc21)NCCCc1ccccc1. The summed E-state index contributed by atoms with van der Waals surface area (Å²) in [6.45, 7) is 0.460. The number of benzene rings is 3. The minimum atomic E-state index is -0.347. The Hall–Kier alpha value is -3.80. The monoisotopic (exact) mass is 429 g/mol. The summed E-state index contributed by atoms with van der Waals surface area (Å²) in [6, 6.07) is 23.3. The van der Waals surface area contributed by atoms with Crippen LogP contribution in [0.15, 0.2) is 83.9 Å². The third-order valence-electron chi connectivity index (χ3n) is 5.33. The van der Waals surface area contributed by atoms with E-state index in [2.05, 4.69) is 22.4 Å². The summed E-state index contributed by atoms with van der Waals surface area (Å²) in [4.78, 5) is 31.8. The van der Waals surface area contributed by atoms with Gasteiger partial charge in [0.15, 0.2) is 0 Å². The number of hydrogen-bond donors (Lipinski definition) is 1. The number of nitrogens with zero attached hydrogens (tertiary/aromatic N) is 2. The molecule has 0 aliphatic carbocycles. The first-order chi connectivity index (χ1) is 15.6. The molecular weight excluding hydrogens is 405 g/mol. The lowest BCUT2D eigenvalue weighted by Gasteiger charge is -2.22. The van der Waals surface area contributed by atoms with Crippen molar-refractivity contribution in [3.63, 3.8) is 0 Å². The molecule has 0 spiro atoms. The summed E-state index contributed by atoms with van der Waals surface area (Å²) in [5.74, 6) is -0.788. The van der Waals surface area contributed by atoms with Gasteiger partial charge < -0.3 is 10.2 Å². The van der Waals surface area contributed by atoms with Crippen molar-refractivity contribution in [2.45, 2.75) is 19.3 Å². The molecule has 0 aromatic heterocycles. The molecule has 1 aliphatic heterocycles. The van der Waals surface area contributed by atoms with E-state index in [4.69, 9.17) is 0 Å². The fourth-order valence-corrected chi connectivity index (χ4v) is 3.69. The molecule has 6 heteroatoms. The normalized spacial score (nSPS) is 13.2. The van der Waals surface area contributed by atoms with Crippen LogP contribution in [0, 0.1) is 5.82 Å². The van der Waals surface area contributed by atoms with E-state index in [0.29, 0.717) is 29.2 Å². The smallest absolute Gasteiger partial charge is 0.240 e. The van der Waals surface area contributed by atoms with Crippen LogP contribution in [0.2, 0.25) is 0 Å².